The van der Waals surface area contributed by atoms with Gasteiger partial charge in [0.2, 0.25) is 0 Å². The molecule has 2 heterocycles. The number of aromatic nitrogens is 1. The average molecular weight is 274 g/mol. The molecule has 1 atom stereocenters. The molecule has 1 saturated heterocycles. The Bertz CT molecular complexity index is 615. The molecule has 0 N–H and O–H groups in total. The zero-order chi connectivity index (χ0) is 13.9. The Labute approximate surface area is 117 Å². The van der Waals surface area contributed by atoms with Gasteiger partial charge in [0.05, 0.1) is 16.5 Å². The summed E-state index contributed by atoms with van der Waals surface area (Å²) in [6, 6.07) is 7.02. The molecule has 1 aromatic heterocycles. The fourth-order valence-electron chi connectivity index (χ4n) is 2.84. The van der Waals surface area contributed by atoms with Crippen LogP contribution in [0.1, 0.15) is 25.7 Å². The second-order valence-corrected chi connectivity index (χ2v) is 5.29. The summed E-state index contributed by atoms with van der Waals surface area (Å²) < 4.78 is 7.71. The molecule has 1 fully saturated rings. The van der Waals surface area contributed by atoms with Crippen LogP contribution in [0.4, 0.5) is 5.69 Å². The summed E-state index contributed by atoms with van der Waals surface area (Å²) in [5.74, 6) is 0. The van der Waals surface area contributed by atoms with E-state index in [2.05, 4.69) is 4.57 Å². The molecule has 1 unspecified atom stereocenters. The number of ether oxygens (including phenoxy) is 1. The second-order valence-electron chi connectivity index (χ2n) is 5.29. The highest BCUT2D eigenvalue weighted by molar-refractivity contribution is 5.82. The van der Waals surface area contributed by atoms with Crippen LogP contribution >= 0.6 is 0 Å². The number of nitro groups is 1. The summed E-state index contributed by atoms with van der Waals surface area (Å²) in [4.78, 5) is 10.5. The molecule has 20 heavy (non-hydrogen) atoms. The highest BCUT2D eigenvalue weighted by Gasteiger charge is 2.15. The quantitative estimate of drug-likeness (QED) is 0.619. The standard InChI is InChI=1S/C15H18N2O3/c18-17(19)13-6-5-12-7-9-16(15(12)11-13)8-1-3-14-4-2-10-20-14/h5-7,9,11,14H,1-4,8,10H2. The SMILES string of the molecule is O=[N+]([O-])c1ccc2ccn(CCCC3CCCO3)c2c1. The third-order valence-electron chi connectivity index (χ3n) is 3.92. The van der Waals surface area contributed by atoms with E-state index in [9.17, 15) is 10.1 Å². The van der Waals surface area contributed by atoms with Crippen LogP contribution in [0.5, 0.6) is 0 Å². The number of nitro benzene ring substituents is 1. The van der Waals surface area contributed by atoms with Crippen molar-refractivity contribution in [1.29, 1.82) is 0 Å². The second kappa shape index (κ2) is 5.63. The van der Waals surface area contributed by atoms with Gasteiger partial charge in [0.15, 0.2) is 0 Å². The largest absolute Gasteiger partial charge is 0.378 e. The smallest absolute Gasteiger partial charge is 0.271 e. The molecule has 0 amide bonds. The number of rotatable bonds is 5. The molecule has 0 saturated carbocycles. The lowest BCUT2D eigenvalue weighted by Crippen LogP contribution is -2.06. The first kappa shape index (κ1) is 13.1. The van der Waals surface area contributed by atoms with Crippen molar-refractivity contribution in [1.82, 2.24) is 4.57 Å². The lowest BCUT2D eigenvalue weighted by molar-refractivity contribution is -0.384. The summed E-state index contributed by atoms with van der Waals surface area (Å²) in [5, 5.41) is 11.9. The first-order chi connectivity index (χ1) is 9.74. The van der Waals surface area contributed by atoms with Crippen LogP contribution in [0.2, 0.25) is 0 Å². The molecular weight excluding hydrogens is 256 g/mol. The van der Waals surface area contributed by atoms with E-state index >= 15 is 0 Å². The maximum atomic E-state index is 10.8. The Morgan fingerprint density at radius 3 is 3.05 bits per heavy atom. The molecule has 3 rings (SSSR count). The van der Waals surface area contributed by atoms with Gasteiger partial charge in [-0.05, 0) is 37.8 Å². The van der Waals surface area contributed by atoms with E-state index in [-0.39, 0.29) is 10.6 Å². The van der Waals surface area contributed by atoms with Crippen molar-refractivity contribution in [2.75, 3.05) is 6.61 Å². The van der Waals surface area contributed by atoms with Crippen LogP contribution in [0.3, 0.4) is 0 Å². The Morgan fingerprint density at radius 1 is 1.40 bits per heavy atom. The first-order valence-corrected chi connectivity index (χ1v) is 7.09. The number of nitrogens with zero attached hydrogens (tertiary/aromatic N) is 2. The molecule has 106 valence electrons. The van der Waals surface area contributed by atoms with Crippen LogP contribution in [0.25, 0.3) is 10.9 Å². The van der Waals surface area contributed by atoms with E-state index in [1.807, 2.05) is 18.3 Å². The monoisotopic (exact) mass is 274 g/mol. The summed E-state index contributed by atoms with van der Waals surface area (Å²) >= 11 is 0. The molecule has 1 aromatic carbocycles. The Morgan fingerprint density at radius 2 is 2.30 bits per heavy atom. The van der Waals surface area contributed by atoms with Crippen molar-refractivity contribution in [2.45, 2.75) is 38.3 Å². The molecule has 1 aliphatic heterocycles. The molecule has 2 aromatic rings. The molecular formula is C15H18N2O3. The molecule has 0 bridgehead atoms. The number of hydrogen-bond acceptors (Lipinski definition) is 3. The average Bonchev–Trinajstić information content (AvgIpc) is 3.08. The number of fused-ring (bicyclic) bond motifs is 1. The zero-order valence-electron chi connectivity index (χ0n) is 11.3. The normalized spacial score (nSPS) is 18.7. The minimum Gasteiger partial charge on any atom is -0.378 e. The lowest BCUT2D eigenvalue weighted by Gasteiger charge is -2.10. The molecule has 0 radical (unpaired) electrons. The molecule has 0 aliphatic carbocycles. The van der Waals surface area contributed by atoms with E-state index in [1.54, 1.807) is 12.1 Å². The van der Waals surface area contributed by atoms with Crippen molar-refractivity contribution in [2.24, 2.45) is 0 Å². The lowest BCUT2D eigenvalue weighted by atomic mass is 10.1. The van der Waals surface area contributed by atoms with Crippen molar-refractivity contribution in [3.8, 4) is 0 Å². The van der Waals surface area contributed by atoms with Gasteiger partial charge in [-0.15, -0.1) is 0 Å². The highest BCUT2D eigenvalue weighted by atomic mass is 16.6. The summed E-state index contributed by atoms with van der Waals surface area (Å²) in [5.41, 5.74) is 1.09. The Kier molecular flexibility index (Phi) is 3.69. The van der Waals surface area contributed by atoms with E-state index in [4.69, 9.17) is 4.74 Å². The van der Waals surface area contributed by atoms with Crippen molar-refractivity contribution < 1.29 is 9.66 Å². The number of hydrogen-bond donors (Lipinski definition) is 0. The van der Waals surface area contributed by atoms with E-state index < -0.39 is 0 Å². The summed E-state index contributed by atoms with van der Waals surface area (Å²) in [6.07, 6.45) is 6.85. The Balaban J connectivity index is 1.70. The van der Waals surface area contributed by atoms with Crippen LogP contribution in [-0.4, -0.2) is 22.2 Å². The van der Waals surface area contributed by atoms with E-state index in [0.29, 0.717) is 6.10 Å². The van der Waals surface area contributed by atoms with E-state index in [1.165, 1.54) is 6.42 Å². The topological polar surface area (TPSA) is 57.3 Å². The van der Waals surface area contributed by atoms with E-state index in [0.717, 1.165) is 43.3 Å². The van der Waals surface area contributed by atoms with Gasteiger partial charge < -0.3 is 9.30 Å². The predicted molar refractivity (Wildman–Crippen MR) is 76.8 cm³/mol. The molecule has 5 nitrogen and oxygen atoms in total. The molecule has 0 spiro atoms. The van der Waals surface area contributed by atoms with Crippen molar-refractivity contribution in [3.63, 3.8) is 0 Å². The van der Waals surface area contributed by atoms with Crippen LogP contribution in [-0.2, 0) is 11.3 Å². The van der Waals surface area contributed by atoms with Gasteiger partial charge in [0.1, 0.15) is 0 Å². The Hall–Kier alpha value is -1.88. The number of benzene rings is 1. The molecule has 5 heteroatoms. The van der Waals surface area contributed by atoms with Gasteiger partial charge in [-0.3, -0.25) is 10.1 Å². The van der Waals surface area contributed by atoms with Gasteiger partial charge in [-0.1, -0.05) is 0 Å². The maximum absolute atomic E-state index is 10.8. The van der Waals surface area contributed by atoms with Gasteiger partial charge in [0, 0.05) is 36.9 Å². The number of aryl methyl sites for hydroxylation is 1. The van der Waals surface area contributed by atoms with Crippen molar-refractivity contribution >= 4 is 16.6 Å². The van der Waals surface area contributed by atoms with Crippen LogP contribution in [0, 0.1) is 10.1 Å². The minimum atomic E-state index is -0.344. The van der Waals surface area contributed by atoms with Gasteiger partial charge in [0.25, 0.3) is 5.69 Å². The minimum absolute atomic E-state index is 0.150. The van der Waals surface area contributed by atoms with Crippen LogP contribution < -0.4 is 0 Å². The summed E-state index contributed by atoms with van der Waals surface area (Å²) in [6.45, 7) is 1.77. The fraction of sp³-hybridized carbons (Fsp3) is 0.467. The maximum Gasteiger partial charge on any atom is 0.271 e. The zero-order valence-corrected chi connectivity index (χ0v) is 11.3. The highest BCUT2D eigenvalue weighted by Crippen LogP contribution is 2.23. The molecule has 1 aliphatic rings. The third kappa shape index (κ3) is 2.67. The van der Waals surface area contributed by atoms with Gasteiger partial charge in [-0.25, -0.2) is 0 Å². The fourth-order valence-corrected chi connectivity index (χ4v) is 2.84. The van der Waals surface area contributed by atoms with Gasteiger partial charge >= 0.3 is 0 Å². The number of non-ortho nitro benzene ring substituents is 1. The van der Waals surface area contributed by atoms with Crippen LogP contribution in [0.15, 0.2) is 30.5 Å². The summed E-state index contributed by atoms with van der Waals surface area (Å²) in [7, 11) is 0. The first-order valence-electron chi connectivity index (χ1n) is 7.09. The third-order valence-corrected chi connectivity index (χ3v) is 3.92. The van der Waals surface area contributed by atoms with Crippen molar-refractivity contribution in [3.05, 3.63) is 40.6 Å². The predicted octanol–water partition coefficient (Wildman–Crippen LogP) is 3.51. The van der Waals surface area contributed by atoms with Gasteiger partial charge in [-0.2, -0.15) is 0 Å².